The number of rotatable bonds is 3. The summed E-state index contributed by atoms with van der Waals surface area (Å²) < 4.78 is 0. The van der Waals surface area contributed by atoms with E-state index in [2.05, 4.69) is 11.9 Å². The molecule has 5 rings (SSSR count). The van der Waals surface area contributed by atoms with Gasteiger partial charge in [-0.25, -0.2) is 4.90 Å². The highest BCUT2D eigenvalue weighted by Gasteiger charge is 2.70. The Labute approximate surface area is 168 Å². The average molecular weight is 387 g/mol. The van der Waals surface area contributed by atoms with Crippen LogP contribution >= 0.6 is 0 Å². The van der Waals surface area contributed by atoms with Crippen LogP contribution in [0.25, 0.3) is 0 Å². The largest absolute Gasteiger partial charge is 0.306 e. The standard InChI is InChI=1S/C23H21N3O3/c1-3-13-25-17-12-8-7-11-16(17)23(22(25)29)19-18(14(2)24-23)20(27)26(21(19)28)15-9-5-4-6-10-15/h3-12,14,18-19,24H,1,13H2,2H3. The Balaban J connectivity index is 1.68. The molecule has 2 fully saturated rings. The number of anilines is 2. The molecule has 3 aliphatic rings. The summed E-state index contributed by atoms with van der Waals surface area (Å²) in [6.45, 7) is 5.98. The highest BCUT2D eigenvalue weighted by Crippen LogP contribution is 2.54. The van der Waals surface area contributed by atoms with Crippen molar-refractivity contribution in [2.24, 2.45) is 11.8 Å². The lowest BCUT2D eigenvalue weighted by Crippen LogP contribution is -2.55. The summed E-state index contributed by atoms with van der Waals surface area (Å²) in [5.74, 6) is -2.16. The monoisotopic (exact) mass is 387 g/mol. The summed E-state index contributed by atoms with van der Waals surface area (Å²) in [5, 5.41) is 3.36. The Kier molecular flexibility index (Phi) is 3.76. The van der Waals surface area contributed by atoms with Crippen molar-refractivity contribution in [2.45, 2.75) is 18.5 Å². The summed E-state index contributed by atoms with van der Waals surface area (Å²) in [6.07, 6.45) is 1.67. The zero-order chi connectivity index (χ0) is 20.3. The smallest absolute Gasteiger partial charge is 0.253 e. The quantitative estimate of drug-likeness (QED) is 0.648. The van der Waals surface area contributed by atoms with Gasteiger partial charge in [-0.1, -0.05) is 42.5 Å². The van der Waals surface area contributed by atoms with Crippen LogP contribution in [0.4, 0.5) is 11.4 Å². The van der Waals surface area contributed by atoms with Gasteiger partial charge in [0, 0.05) is 23.8 Å². The molecule has 2 aromatic carbocycles. The zero-order valence-electron chi connectivity index (χ0n) is 16.0. The first-order valence-electron chi connectivity index (χ1n) is 9.75. The highest BCUT2D eigenvalue weighted by molar-refractivity contribution is 6.26. The van der Waals surface area contributed by atoms with Gasteiger partial charge in [-0.15, -0.1) is 6.58 Å². The Morgan fingerprint density at radius 2 is 1.72 bits per heavy atom. The molecule has 0 saturated carbocycles. The fraction of sp³-hybridized carbons (Fsp3) is 0.261. The molecule has 6 heteroatoms. The maximum absolute atomic E-state index is 13.7. The minimum Gasteiger partial charge on any atom is -0.306 e. The number of carbonyl (C=O) groups is 3. The Morgan fingerprint density at radius 3 is 2.45 bits per heavy atom. The van der Waals surface area contributed by atoms with Crippen LogP contribution in [0.1, 0.15) is 12.5 Å². The lowest BCUT2D eigenvalue weighted by Gasteiger charge is -2.30. The van der Waals surface area contributed by atoms with E-state index in [-0.39, 0.29) is 23.8 Å². The van der Waals surface area contributed by atoms with Crippen LogP contribution in [-0.4, -0.2) is 30.3 Å². The van der Waals surface area contributed by atoms with Gasteiger partial charge < -0.3 is 4.90 Å². The average Bonchev–Trinajstić information content (AvgIpc) is 3.27. The molecule has 3 aliphatic heterocycles. The van der Waals surface area contributed by atoms with Gasteiger partial charge >= 0.3 is 0 Å². The van der Waals surface area contributed by atoms with Crippen molar-refractivity contribution in [1.29, 1.82) is 0 Å². The zero-order valence-corrected chi connectivity index (χ0v) is 16.0. The van der Waals surface area contributed by atoms with Gasteiger partial charge in [0.05, 0.1) is 17.5 Å². The number of carbonyl (C=O) groups excluding carboxylic acids is 3. The maximum Gasteiger partial charge on any atom is 0.253 e. The highest BCUT2D eigenvalue weighted by atomic mass is 16.2. The lowest BCUT2D eigenvalue weighted by atomic mass is 9.76. The second kappa shape index (κ2) is 6.12. The number of hydrogen-bond donors (Lipinski definition) is 1. The molecular formula is C23H21N3O3. The molecule has 3 amide bonds. The Bertz CT molecular complexity index is 1050. The molecule has 146 valence electrons. The van der Waals surface area contributed by atoms with Crippen LogP contribution in [0.15, 0.2) is 67.3 Å². The van der Waals surface area contributed by atoms with E-state index >= 15 is 0 Å². The third-order valence-corrected chi connectivity index (χ3v) is 6.34. The van der Waals surface area contributed by atoms with Crippen LogP contribution in [0.5, 0.6) is 0 Å². The molecule has 1 spiro atoms. The molecule has 2 saturated heterocycles. The van der Waals surface area contributed by atoms with Gasteiger partial charge in [0.1, 0.15) is 5.54 Å². The molecule has 4 atom stereocenters. The van der Waals surface area contributed by atoms with Crippen molar-refractivity contribution in [3.63, 3.8) is 0 Å². The van der Waals surface area contributed by atoms with E-state index in [9.17, 15) is 14.4 Å². The SMILES string of the molecule is C=CCN1C(=O)C2(NC(C)C3C(=O)N(c4ccccc4)C(=O)C32)c2ccccc21. The topological polar surface area (TPSA) is 69.7 Å². The van der Waals surface area contributed by atoms with E-state index < -0.39 is 17.4 Å². The fourth-order valence-corrected chi connectivity index (χ4v) is 5.25. The molecular weight excluding hydrogens is 366 g/mol. The molecule has 29 heavy (non-hydrogen) atoms. The summed E-state index contributed by atoms with van der Waals surface area (Å²) in [4.78, 5) is 43.5. The third-order valence-electron chi connectivity index (χ3n) is 6.34. The normalized spacial score (nSPS) is 30.2. The van der Waals surface area contributed by atoms with E-state index in [1.807, 2.05) is 37.3 Å². The van der Waals surface area contributed by atoms with E-state index in [0.717, 1.165) is 11.3 Å². The van der Waals surface area contributed by atoms with Crippen LogP contribution < -0.4 is 15.1 Å². The number of para-hydroxylation sites is 2. The maximum atomic E-state index is 13.7. The van der Waals surface area contributed by atoms with Crippen molar-refractivity contribution in [2.75, 3.05) is 16.3 Å². The summed E-state index contributed by atoms with van der Waals surface area (Å²) in [6, 6.07) is 16.1. The number of hydrogen-bond acceptors (Lipinski definition) is 4. The Hall–Kier alpha value is -3.25. The molecule has 0 radical (unpaired) electrons. The van der Waals surface area contributed by atoms with Crippen LogP contribution in [0.2, 0.25) is 0 Å². The third kappa shape index (κ3) is 2.12. The number of nitrogens with one attached hydrogen (secondary N) is 1. The van der Waals surface area contributed by atoms with E-state index in [0.29, 0.717) is 12.2 Å². The van der Waals surface area contributed by atoms with Crippen molar-refractivity contribution < 1.29 is 14.4 Å². The van der Waals surface area contributed by atoms with Crippen molar-refractivity contribution in [1.82, 2.24) is 5.32 Å². The van der Waals surface area contributed by atoms with Gasteiger partial charge in [0.25, 0.3) is 5.91 Å². The number of nitrogens with zero attached hydrogens (tertiary/aromatic N) is 2. The summed E-state index contributed by atoms with van der Waals surface area (Å²) in [7, 11) is 0. The first-order valence-corrected chi connectivity index (χ1v) is 9.75. The van der Waals surface area contributed by atoms with E-state index in [1.54, 1.807) is 35.2 Å². The summed E-state index contributed by atoms with van der Waals surface area (Å²) >= 11 is 0. The van der Waals surface area contributed by atoms with Gasteiger partial charge in [-0.3, -0.25) is 19.7 Å². The van der Waals surface area contributed by atoms with Crippen LogP contribution in [-0.2, 0) is 19.9 Å². The number of amides is 3. The number of fused-ring (bicyclic) bond motifs is 4. The predicted octanol–water partition coefficient (Wildman–Crippen LogP) is 2.21. The van der Waals surface area contributed by atoms with Gasteiger partial charge in [0.15, 0.2) is 0 Å². The summed E-state index contributed by atoms with van der Waals surface area (Å²) in [5.41, 5.74) is 0.819. The molecule has 1 N–H and O–H groups in total. The molecule has 2 aromatic rings. The minimum atomic E-state index is -1.24. The van der Waals surface area contributed by atoms with Gasteiger partial charge in [-0.2, -0.15) is 0 Å². The fourth-order valence-electron chi connectivity index (χ4n) is 5.25. The van der Waals surface area contributed by atoms with Crippen LogP contribution in [0, 0.1) is 11.8 Å². The van der Waals surface area contributed by atoms with E-state index in [4.69, 9.17) is 0 Å². The number of imide groups is 1. The Morgan fingerprint density at radius 1 is 1.03 bits per heavy atom. The molecule has 3 heterocycles. The second-order valence-corrected chi connectivity index (χ2v) is 7.81. The minimum absolute atomic E-state index is 0.200. The first kappa shape index (κ1) is 17.8. The molecule has 0 aromatic heterocycles. The number of benzene rings is 2. The lowest BCUT2D eigenvalue weighted by molar-refractivity contribution is -0.132. The molecule has 0 aliphatic carbocycles. The predicted molar refractivity (Wildman–Crippen MR) is 109 cm³/mol. The van der Waals surface area contributed by atoms with Crippen molar-refractivity contribution in [3.8, 4) is 0 Å². The molecule has 4 unspecified atom stereocenters. The second-order valence-electron chi connectivity index (χ2n) is 7.81. The van der Waals surface area contributed by atoms with Crippen molar-refractivity contribution >= 4 is 29.1 Å². The van der Waals surface area contributed by atoms with Gasteiger partial charge in [0.2, 0.25) is 11.8 Å². The van der Waals surface area contributed by atoms with Gasteiger partial charge in [-0.05, 0) is 25.1 Å². The van der Waals surface area contributed by atoms with Crippen LogP contribution in [0.3, 0.4) is 0 Å². The molecule has 0 bridgehead atoms. The van der Waals surface area contributed by atoms with E-state index in [1.165, 1.54) is 4.90 Å². The first-order chi connectivity index (χ1) is 14.0. The molecule has 6 nitrogen and oxygen atoms in total. The van der Waals surface area contributed by atoms with Crippen molar-refractivity contribution in [3.05, 3.63) is 72.8 Å².